The van der Waals surface area contributed by atoms with Gasteiger partial charge in [-0.1, -0.05) is 24.3 Å². The van der Waals surface area contributed by atoms with Crippen LogP contribution in [0.1, 0.15) is 10.4 Å². The molecule has 4 rings (SSSR count). The van der Waals surface area contributed by atoms with E-state index in [0.717, 1.165) is 11.0 Å². The number of nitrogens with one attached hydrogen (secondary N) is 2. The fraction of sp³-hybridized carbons (Fsp3) is 0.0870. The molecule has 1 heterocycles. The Hall–Kier alpha value is -4.13. The van der Waals surface area contributed by atoms with E-state index in [4.69, 9.17) is 4.74 Å². The number of ether oxygens (including phenoxy) is 1. The van der Waals surface area contributed by atoms with Crippen LogP contribution in [0.2, 0.25) is 0 Å². The van der Waals surface area contributed by atoms with Gasteiger partial charge in [0.05, 0.1) is 30.2 Å². The third-order valence-electron chi connectivity index (χ3n) is 4.63. The quantitative estimate of drug-likeness (QED) is 0.513. The summed E-state index contributed by atoms with van der Waals surface area (Å²) in [5, 5.41) is 5.66. The summed E-state index contributed by atoms with van der Waals surface area (Å²) in [5.74, 6) is 0.147. The molecule has 0 radical (unpaired) electrons. The molecule has 0 aliphatic carbocycles. The van der Waals surface area contributed by atoms with Crippen molar-refractivity contribution in [3.63, 3.8) is 0 Å². The largest absolute Gasteiger partial charge is 0.495 e. The molecule has 7 heteroatoms. The fourth-order valence-electron chi connectivity index (χ4n) is 3.14. The van der Waals surface area contributed by atoms with Gasteiger partial charge in [-0.2, -0.15) is 0 Å². The van der Waals surface area contributed by atoms with Gasteiger partial charge in [-0.3, -0.25) is 9.59 Å². The molecule has 2 amide bonds. The van der Waals surface area contributed by atoms with Crippen molar-refractivity contribution < 1.29 is 14.3 Å². The molecule has 3 aromatic carbocycles. The van der Waals surface area contributed by atoms with E-state index < -0.39 is 0 Å². The van der Waals surface area contributed by atoms with Crippen LogP contribution in [0.4, 0.5) is 11.4 Å². The van der Waals surface area contributed by atoms with E-state index in [1.165, 1.54) is 0 Å². The highest BCUT2D eigenvalue weighted by molar-refractivity contribution is 6.05. The monoisotopic (exact) mass is 400 g/mol. The van der Waals surface area contributed by atoms with Crippen molar-refractivity contribution in [2.24, 2.45) is 0 Å². The smallest absolute Gasteiger partial charge is 0.255 e. The van der Waals surface area contributed by atoms with Crippen molar-refractivity contribution in [1.29, 1.82) is 0 Å². The van der Waals surface area contributed by atoms with Gasteiger partial charge in [-0.15, -0.1) is 0 Å². The fourth-order valence-corrected chi connectivity index (χ4v) is 3.14. The molecule has 30 heavy (non-hydrogen) atoms. The Balaban J connectivity index is 1.39. The summed E-state index contributed by atoms with van der Waals surface area (Å²) in [5.41, 5.74) is 3.42. The zero-order chi connectivity index (χ0) is 20.9. The molecule has 7 nitrogen and oxygen atoms in total. The number of hydrogen-bond acceptors (Lipinski definition) is 4. The zero-order valence-corrected chi connectivity index (χ0v) is 16.3. The second-order valence-electron chi connectivity index (χ2n) is 6.64. The Kier molecular flexibility index (Phi) is 5.43. The number of rotatable bonds is 6. The number of aromatic nitrogens is 2. The van der Waals surface area contributed by atoms with Crippen LogP contribution in [0.15, 0.2) is 79.1 Å². The molecule has 1 aromatic heterocycles. The van der Waals surface area contributed by atoms with Crippen molar-refractivity contribution in [1.82, 2.24) is 9.55 Å². The molecular weight excluding hydrogens is 380 g/mol. The molecule has 2 N–H and O–H groups in total. The van der Waals surface area contributed by atoms with Gasteiger partial charge in [0.15, 0.2) is 0 Å². The second-order valence-corrected chi connectivity index (χ2v) is 6.64. The third-order valence-corrected chi connectivity index (χ3v) is 4.63. The Labute approximate surface area is 173 Å². The van der Waals surface area contributed by atoms with Crippen molar-refractivity contribution >= 4 is 34.2 Å². The molecule has 0 unspecified atom stereocenters. The molecule has 0 saturated heterocycles. The Morgan fingerprint density at radius 2 is 1.67 bits per heavy atom. The van der Waals surface area contributed by atoms with Crippen LogP contribution >= 0.6 is 0 Å². The normalized spacial score (nSPS) is 10.6. The number of fused-ring (bicyclic) bond motifs is 1. The standard InChI is InChI=1S/C23H20N4O3/c1-30-21-9-5-3-7-19(21)26-23(29)16-10-12-17(13-11-16)25-22(28)14-27-15-24-18-6-2-4-8-20(18)27/h2-13,15H,14H2,1H3,(H,25,28)(H,26,29). The number of amides is 2. The minimum Gasteiger partial charge on any atom is -0.495 e. The predicted molar refractivity (Wildman–Crippen MR) is 116 cm³/mol. The zero-order valence-electron chi connectivity index (χ0n) is 16.3. The molecule has 0 fully saturated rings. The minimum absolute atomic E-state index is 0.149. The topological polar surface area (TPSA) is 85.3 Å². The second kappa shape index (κ2) is 8.48. The SMILES string of the molecule is COc1ccccc1NC(=O)c1ccc(NC(=O)Cn2cnc3ccccc32)cc1. The number of carbonyl (C=O) groups excluding carboxylic acids is 2. The molecule has 4 aromatic rings. The Morgan fingerprint density at radius 3 is 2.47 bits per heavy atom. The average Bonchev–Trinajstić information content (AvgIpc) is 3.17. The molecule has 0 aliphatic rings. The number of carbonyl (C=O) groups is 2. The summed E-state index contributed by atoms with van der Waals surface area (Å²) in [6, 6.07) is 21.5. The molecule has 0 aliphatic heterocycles. The lowest BCUT2D eigenvalue weighted by Crippen LogP contribution is -2.18. The van der Waals surface area contributed by atoms with Crippen LogP contribution in [0.5, 0.6) is 5.75 Å². The number of nitrogens with zero attached hydrogens (tertiary/aromatic N) is 2. The number of hydrogen-bond donors (Lipinski definition) is 2. The third kappa shape index (κ3) is 4.15. The number of anilines is 2. The number of para-hydroxylation sites is 4. The molecule has 0 spiro atoms. The number of methoxy groups -OCH3 is 1. The van der Waals surface area contributed by atoms with Crippen LogP contribution in [0, 0.1) is 0 Å². The maximum Gasteiger partial charge on any atom is 0.255 e. The van der Waals surface area contributed by atoms with Crippen molar-refractivity contribution in [2.75, 3.05) is 17.7 Å². The highest BCUT2D eigenvalue weighted by Crippen LogP contribution is 2.24. The molecular formula is C23H20N4O3. The van der Waals surface area contributed by atoms with Gasteiger partial charge in [0.1, 0.15) is 12.3 Å². The van der Waals surface area contributed by atoms with Gasteiger partial charge < -0.3 is 19.9 Å². The van der Waals surface area contributed by atoms with Gasteiger partial charge in [-0.05, 0) is 48.5 Å². The molecule has 0 bridgehead atoms. The van der Waals surface area contributed by atoms with Gasteiger partial charge in [0.25, 0.3) is 5.91 Å². The van der Waals surface area contributed by atoms with E-state index in [0.29, 0.717) is 22.7 Å². The van der Waals surface area contributed by atoms with Crippen molar-refractivity contribution in [2.45, 2.75) is 6.54 Å². The summed E-state index contributed by atoms with van der Waals surface area (Å²) in [4.78, 5) is 29.2. The summed E-state index contributed by atoms with van der Waals surface area (Å²) in [6.07, 6.45) is 1.65. The maximum atomic E-state index is 12.5. The molecule has 0 atom stereocenters. The van der Waals surface area contributed by atoms with E-state index in [9.17, 15) is 9.59 Å². The summed E-state index contributed by atoms with van der Waals surface area (Å²) >= 11 is 0. The maximum absolute atomic E-state index is 12.5. The van der Waals surface area contributed by atoms with Gasteiger partial charge in [0, 0.05) is 11.3 Å². The lowest BCUT2D eigenvalue weighted by Gasteiger charge is -2.10. The average molecular weight is 400 g/mol. The predicted octanol–water partition coefficient (Wildman–Crippen LogP) is 3.94. The van der Waals surface area contributed by atoms with E-state index in [1.807, 2.05) is 36.4 Å². The molecule has 150 valence electrons. The van der Waals surface area contributed by atoms with Crippen LogP contribution in [0.25, 0.3) is 11.0 Å². The van der Waals surface area contributed by atoms with Gasteiger partial charge >= 0.3 is 0 Å². The first-order valence-corrected chi connectivity index (χ1v) is 9.38. The lowest BCUT2D eigenvalue weighted by molar-refractivity contribution is -0.116. The summed E-state index contributed by atoms with van der Waals surface area (Å²) in [7, 11) is 1.55. The van der Waals surface area contributed by atoms with Crippen LogP contribution in [-0.4, -0.2) is 28.5 Å². The van der Waals surface area contributed by atoms with E-state index in [-0.39, 0.29) is 18.4 Å². The lowest BCUT2D eigenvalue weighted by atomic mass is 10.2. The highest BCUT2D eigenvalue weighted by Gasteiger charge is 2.11. The Morgan fingerprint density at radius 1 is 0.933 bits per heavy atom. The number of imidazole rings is 1. The van der Waals surface area contributed by atoms with Gasteiger partial charge in [0.2, 0.25) is 5.91 Å². The first-order valence-electron chi connectivity index (χ1n) is 9.38. The summed E-state index contributed by atoms with van der Waals surface area (Å²) in [6.45, 7) is 0.149. The van der Waals surface area contributed by atoms with E-state index >= 15 is 0 Å². The van der Waals surface area contributed by atoms with Crippen LogP contribution in [-0.2, 0) is 11.3 Å². The van der Waals surface area contributed by atoms with Crippen molar-refractivity contribution in [3.8, 4) is 5.75 Å². The van der Waals surface area contributed by atoms with Crippen LogP contribution in [0.3, 0.4) is 0 Å². The molecule has 0 saturated carbocycles. The first kappa shape index (κ1) is 19.2. The summed E-state index contributed by atoms with van der Waals surface area (Å²) < 4.78 is 7.04. The van der Waals surface area contributed by atoms with E-state index in [1.54, 1.807) is 54.4 Å². The first-order chi connectivity index (χ1) is 14.6. The highest BCUT2D eigenvalue weighted by atomic mass is 16.5. The van der Waals surface area contributed by atoms with Gasteiger partial charge in [-0.25, -0.2) is 4.98 Å². The van der Waals surface area contributed by atoms with Crippen molar-refractivity contribution in [3.05, 3.63) is 84.7 Å². The van der Waals surface area contributed by atoms with E-state index in [2.05, 4.69) is 15.6 Å². The Bertz CT molecular complexity index is 1200. The van der Waals surface area contributed by atoms with Crippen LogP contribution < -0.4 is 15.4 Å². The minimum atomic E-state index is -0.262. The number of benzene rings is 3.